The number of amides is 3. The van der Waals surface area contributed by atoms with Crippen LogP contribution in [0.1, 0.15) is 37.8 Å². The van der Waals surface area contributed by atoms with Gasteiger partial charge in [0.15, 0.2) is 0 Å². The van der Waals surface area contributed by atoms with Crippen molar-refractivity contribution >= 4 is 41.0 Å². The molecule has 0 aliphatic heterocycles. The van der Waals surface area contributed by atoms with Gasteiger partial charge >= 0.3 is 18.2 Å². The molecule has 4 N–H and O–H groups in total. The van der Waals surface area contributed by atoms with E-state index in [9.17, 15) is 29.1 Å². The average molecular weight is 763 g/mol. The number of nitrogens with one attached hydrogen (secondary N) is 3. The summed E-state index contributed by atoms with van der Waals surface area (Å²) in [5.41, 5.74) is 2.87. The van der Waals surface area contributed by atoms with Crippen LogP contribution in [-0.2, 0) is 39.8 Å². The summed E-state index contributed by atoms with van der Waals surface area (Å²) in [5.74, 6) is -2.36. The maximum Gasteiger partial charge on any atom is 0.414 e. The standard InChI is InChI=1S/C38H46N6O11/c1-38(2,3)55-37(50)42-35-40-33-29(34(48)41-35)13-14-43(33)20-31(45)44(21-32(46)47)19-24(22-53-18-17-52-16-15-51-4)39-36(49)54-23-30-27-11-7-5-9-25(27)26-10-6-8-12-28(26)30/h5-14,24,30H,15-23H2,1-4H3,(H,39,49)(H,46,47)(H2,40,41,42,48,50)/t24-/m1/s1. The number of carboxylic acids is 1. The number of carboxylic acid groups (broad SMARTS) is 1. The molecule has 1 aliphatic rings. The molecule has 1 atom stereocenters. The molecular formula is C38H46N6O11. The molecule has 0 radical (unpaired) electrons. The molecule has 17 nitrogen and oxygen atoms in total. The van der Waals surface area contributed by atoms with Crippen LogP contribution in [0.2, 0.25) is 0 Å². The molecule has 0 bridgehead atoms. The first kappa shape index (κ1) is 40.4. The molecule has 55 heavy (non-hydrogen) atoms. The van der Waals surface area contributed by atoms with Gasteiger partial charge in [-0.2, -0.15) is 4.98 Å². The van der Waals surface area contributed by atoms with Crippen molar-refractivity contribution in [3.8, 4) is 11.1 Å². The van der Waals surface area contributed by atoms with E-state index in [2.05, 4.69) is 20.6 Å². The van der Waals surface area contributed by atoms with Gasteiger partial charge in [0.25, 0.3) is 5.56 Å². The lowest BCUT2D eigenvalue weighted by atomic mass is 9.98. The van der Waals surface area contributed by atoms with Crippen LogP contribution in [0, 0.1) is 0 Å². The lowest BCUT2D eigenvalue weighted by molar-refractivity contribution is -0.145. The molecule has 4 aromatic rings. The van der Waals surface area contributed by atoms with Crippen LogP contribution in [0.15, 0.2) is 65.6 Å². The highest BCUT2D eigenvalue weighted by molar-refractivity contribution is 5.86. The summed E-state index contributed by atoms with van der Waals surface area (Å²) in [7, 11) is 1.56. The Labute approximate surface area is 316 Å². The fourth-order valence-electron chi connectivity index (χ4n) is 6.13. The van der Waals surface area contributed by atoms with Crippen molar-refractivity contribution in [3.05, 3.63) is 82.3 Å². The SMILES string of the molecule is COCCOCCOC[C@@H](CN(CC(=O)O)C(=O)Cn1ccc2c(=O)[nH]c(NC(=O)OC(C)(C)C)nc21)NC(=O)OCC1c2ccccc2-c2ccccc21. The van der Waals surface area contributed by atoms with Crippen molar-refractivity contribution < 1.29 is 48.0 Å². The van der Waals surface area contributed by atoms with E-state index in [0.717, 1.165) is 27.2 Å². The molecule has 0 saturated heterocycles. The number of rotatable bonds is 18. The highest BCUT2D eigenvalue weighted by Gasteiger charge is 2.30. The van der Waals surface area contributed by atoms with Gasteiger partial charge in [0, 0.05) is 25.8 Å². The third kappa shape index (κ3) is 11.1. The maximum absolute atomic E-state index is 13.7. The van der Waals surface area contributed by atoms with E-state index in [0.29, 0.717) is 13.2 Å². The molecule has 5 rings (SSSR count). The second kappa shape index (κ2) is 18.5. The zero-order valence-corrected chi connectivity index (χ0v) is 31.2. The zero-order chi connectivity index (χ0) is 39.5. The number of ether oxygens (including phenoxy) is 5. The summed E-state index contributed by atoms with van der Waals surface area (Å²) in [5, 5.41) is 15.0. The highest BCUT2D eigenvalue weighted by Crippen LogP contribution is 2.44. The van der Waals surface area contributed by atoms with Gasteiger partial charge in [-0.05, 0) is 49.1 Å². The van der Waals surface area contributed by atoms with Crippen LogP contribution >= 0.6 is 0 Å². The molecular weight excluding hydrogens is 716 g/mol. The summed E-state index contributed by atoms with van der Waals surface area (Å²) in [4.78, 5) is 72.0. The Kier molecular flexibility index (Phi) is 13.6. The van der Waals surface area contributed by atoms with E-state index >= 15 is 0 Å². The Bertz CT molecular complexity index is 1990. The maximum atomic E-state index is 13.7. The fraction of sp³-hybridized carbons (Fsp3) is 0.421. The first-order valence-corrected chi connectivity index (χ1v) is 17.7. The number of methoxy groups -OCH3 is 1. The van der Waals surface area contributed by atoms with E-state index in [1.54, 1.807) is 27.9 Å². The lowest BCUT2D eigenvalue weighted by Crippen LogP contribution is -2.50. The Balaban J connectivity index is 1.29. The van der Waals surface area contributed by atoms with Gasteiger partial charge in [-0.1, -0.05) is 48.5 Å². The van der Waals surface area contributed by atoms with Crippen LogP contribution < -0.4 is 16.2 Å². The number of aliphatic carboxylic acids is 1. The second-order valence-electron chi connectivity index (χ2n) is 13.7. The number of fused-ring (bicyclic) bond motifs is 4. The van der Waals surface area contributed by atoms with Crippen molar-refractivity contribution in [1.29, 1.82) is 0 Å². The first-order chi connectivity index (χ1) is 26.3. The van der Waals surface area contributed by atoms with Crippen LogP contribution in [0.4, 0.5) is 15.5 Å². The topological polar surface area (TPSA) is 213 Å². The minimum atomic E-state index is -1.29. The van der Waals surface area contributed by atoms with Gasteiger partial charge in [-0.3, -0.25) is 24.7 Å². The van der Waals surface area contributed by atoms with E-state index in [-0.39, 0.29) is 55.9 Å². The number of hydrogen-bond donors (Lipinski definition) is 4. The number of carbonyl (C=O) groups excluding carboxylic acids is 3. The predicted octanol–water partition coefficient (Wildman–Crippen LogP) is 3.57. The highest BCUT2D eigenvalue weighted by atomic mass is 16.6. The molecule has 0 fully saturated rings. The number of nitrogens with zero attached hydrogens (tertiary/aromatic N) is 3. The summed E-state index contributed by atoms with van der Waals surface area (Å²) in [6.45, 7) is 4.70. The molecule has 2 aromatic heterocycles. The van der Waals surface area contributed by atoms with Crippen LogP contribution in [0.5, 0.6) is 0 Å². The van der Waals surface area contributed by atoms with Gasteiger partial charge in [0.05, 0.1) is 44.5 Å². The number of H-pyrrole nitrogens is 1. The van der Waals surface area contributed by atoms with E-state index < -0.39 is 54.4 Å². The largest absolute Gasteiger partial charge is 0.480 e. The minimum Gasteiger partial charge on any atom is -0.480 e. The number of hydrogen-bond acceptors (Lipinski definition) is 11. The van der Waals surface area contributed by atoms with Crippen molar-refractivity contribution in [2.45, 2.75) is 44.9 Å². The normalized spacial score (nSPS) is 12.8. The van der Waals surface area contributed by atoms with E-state index in [1.807, 2.05) is 48.5 Å². The first-order valence-electron chi connectivity index (χ1n) is 17.7. The Hall–Kier alpha value is -5.78. The Morgan fingerprint density at radius 1 is 0.945 bits per heavy atom. The molecule has 2 heterocycles. The van der Waals surface area contributed by atoms with Crippen molar-refractivity contribution in [3.63, 3.8) is 0 Å². The second-order valence-corrected chi connectivity index (χ2v) is 13.7. The zero-order valence-electron chi connectivity index (χ0n) is 31.2. The lowest BCUT2D eigenvalue weighted by Gasteiger charge is -2.27. The Morgan fingerprint density at radius 3 is 2.25 bits per heavy atom. The van der Waals surface area contributed by atoms with Gasteiger partial charge in [-0.25, -0.2) is 9.59 Å². The van der Waals surface area contributed by atoms with Gasteiger partial charge in [-0.15, -0.1) is 0 Å². The summed E-state index contributed by atoms with van der Waals surface area (Å²) in [6.07, 6.45) is -0.185. The number of carbonyl (C=O) groups is 4. The molecule has 17 heteroatoms. The molecule has 0 saturated carbocycles. The van der Waals surface area contributed by atoms with Crippen molar-refractivity contribution in [2.75, 3.05) is 65.2 Å². The van der Waals surface area contributed by atoms with E-state index in [1.165, 1.54) is 16.8 Å². The monoisotopic (exact) mass is 762 g/mol. The molecule has 1 aliphatic carbocycles. The van der Waals surface area contributed by atoms with E-state index in [4.69, 9.17) is 23.7 Å². The van der Waals surface area contributed by atoms with Crippen molar-refractivity contribution in [1.82, 2.24) is 24.8 Å². The van der Waals surface area contributed by atoms with Gasteiger partial charge < -0.3 is 43.6 Å². The van der Waals surface area contributed by atoms with Crippen LogP contribution in [0.3, 0.4) is 0 Å². The quantitative estimate of drug-likeness (QED) is 0.107. The minimum absolute atomic E-state index is 0.0379. The number of aromatic nitrogens is 3. The smallest absolute Gasteiger partial charge is 0.414 e. The molecule has 0 spiro atoms. The number of benzene rings is 2. The number of alkyl carbamates (subject to hydrolysis) is 1. The third-order valence-electron chi connectivity index (χ3n) is 8.46. The van der Waals surface area contributed by atoms with Crippen LogP contribution in [0.25, 0.3) is 22.2 Å². The third-order valence-corrected chi connectivity index (χ3v) is 8.46. The van der Waals surface area contributed by atoms with Crippen molar-refractivity contribution in [2.24, 2.45) is 0 Å². The fourth-order valence-corrected chi connectivity index (χ4v) is 6.13. The number of anilines is 1. The van der Waals surface area contributed by atoms with Gasteiger partial charge in [0.1, 0.15) is 30.9 Å². The Morgan fingerprint density at radius 2 is 1.60 bits per heavy atom. The summed E-state index contributed by atoms with van der Waals surface area (Å²) in [6, 6.07) is 16.4. The average Bonchev–Trinajstić information content (AvgIpc) is 3.67. The summed E-state index contributed by atoms with van der Waals surface area (Å²) >= 11 is 0. The molecule has 294 valence electrons. The summed E-state index contributed by atoms with van der Waals surface area (Å²) < 4.78 is 28.5. The molecule has 3 amide bonds. The number of aromatic amines is 1. The predicted molar refractivity (Wildman–Crippen MR) is 200 cm³/mol. The van der Waals surface area contributed by atoms with Gasteiger partial charge in [0.2, 0.25) is 11.9 Å². The molecule has 2 aromatic carbocycles. The molecule has 0 unspecified atom stereocenters. The van der Waals surface area contributed by atoms with Crippen LogP contribution in [-0.4, -0.2) is 120 Å².